The highest BCUT2D eigenvalue weighted by Gasteiger charge is 2.19. The van der Waals surface area contributed by atoms with Gasteiger partial charge in [0, 0.05) is 27.9 Å². The molecule has 1 saturated heterocycles. The Bertz CT molecular complexity index is 1190. The average molecular weight is 517 g/mol. The monoisotopic (exact) mass is 516 g/mol. The van der Waals surface area contributed by atoms with Crippen molar-refractivity contribution in [2.24, 2.45) is 0 Å². The van der Waals surface area contributed by atoms with Gasteiger partial charge >= 0.3 is 0 Å². The third kappa shape index (κ3) is 6.81. The summed E-state index contributed by atoms with van der Waals surface area (Å²) in [5.41, 5.74) is 3.91. The Morgan fingerprint density at radius 3 is 2.78 bits per heavy atom. The van der Waals surface area contributed by atoms with Crippen molar-refractivity contribution in [3.8, 4) is 16.2 Å². The number of hydrogen-bond acceptors (Lipinski definition) is 5. The molecule has 3 N–H and O–H groups in total. The molecule has 1 aromatic heterocycles. The molecular formula is C31H38N3O2S. The summed E-state index contributed by atoms with van der Waals surface area (Å²) in [6.07, 6.45) is 8.22. The van der Waals surface area contributed by atoms with Gasteiger partial charge in [-0.25, -0.2) is 0 Å². The Morgan fingerprint density at radius 2 is 1.97 bits per heavy atom. The number of aryl methyl sites for hydroxylation is 1. The van der Waals surface area contributed by atoms with Crippen LogP contribution >= 0.6 is 11.3 Å². The van der Waals surface area contributed by atoms with E-state index in [0.29, 0.717) is 11.6 Å². The van der Waals surface area contributed by atoms with Crippen LogP contribution in [0.1, 0.15) is 71.4 Å². The van der Waals surface area contributed by atoms with Crippen molar-refractivity contribution < 1.29 is 9.53 Å². The lowest BCUT2D eigenvalue weighted by atomic mass is 10.0. The number of benzene rings is 2. The van der Waals surface area contributed by atoms with Crippen molar-refractivity contribution >= 4 is 17.2 Å². The van der Waals surface area contributed by atoms with Crippen LogP contribution in [0.5, 0.6) is 5.75 Å². The van der Waals surface area contributed by atoms with Gasteiger partial charge in [0.2, 0.25) is 0 Å². The maximum absolute atomic E-state index is 13.2. The van der Waals surface area contributed by atoms with E-state index in [-0.39, 0.29) is 18.1 Å². The fourth-order valence-electron chi connectivity index (χ4n) is 5.16. The molecule has 5 rings (SSSR count). The molecule has 195 valence electrons. The smallest absolute Gasteiger partial charge is 0.252 e. The van der Waals surface area contributed by atoms with Gasteiger partial charge in [0.05, 0.1) is 6.04 Å². The van der Waals surface area contributed by atoms with E-state index in [0.717, 1.165) is 49.4 Å². The van der Waals surface area contributed by atoms with Gasteiger partial charge < -0.3 is 20.7 Å². The zero-order valence-electron chi connectivity index (χ0n) is 21.9. The van der Waals surface area contributed by atoms with Crippen molar-refractivity contribution in [2.45, 2.75) is 70.7 Å². The van der Waals surface area contributed by atoms with Crippen molar-refractivity contribution in [2.75, 3.05) is 13.1 Å². The Labute approximate surface area is 225 Å². The Kier molecular flexibility index (Phi) is 8.59. The first kappa shape index (κ1) is 26.0. The van der Waals surface area contributed by atoms with Crippen molar-refractivity contribution in [1.82, 2.24) is 16.0 Å². The van der Waals surface area contributed by atoms with Crippen LogP contribution in [0, 0.1) is 13.3 Å². The number of hydrogen-bond donors (Lipinski definition) is 3. The molecule has 3 aromatic rings. The lowest BCUT2D eigenvalue weighted by molar-refractivity contribution is 0.0938. The summed E-state index contributed by atoms with van der Waals surface area (Å²) in [5.74, 6) is 0.700. The van der Waals surface area contributed by atoms with Gasteiger partial charge in [0.15, 0.2) is 0 Å². The second-order valence-electron chi connectivity index (χ2n) is 10.3. The van der Waals surface area contributed by atoms with E-state index in [2.05, 4.69) is 58.8 Å². The standard InChI is InChI=1S/C31H38N3O2S/c1-21-10-11-27(36-26-14-16-32-17-15-26)19-29(21)31(35)34-22(2)23-6-5-7-24(18-23)30-13-12-28(37-30)20-33-25-8-3-4-9-25/h3,5-7,10-13,18-19,22,25-26,32-33H,4,8-9,14-17,20H2,1-2H3,(H,34,35)/t22-,25+/m1/s1. The predicted molar refractivity (Wildman–Crippen MR) is 152 cm³/mol. The predicted octanol–water partition coefficient (Wildman–Crippen LogP) is 6.19. The lowest BCUT2D eigenvalue weighted by Crippen LogP contribution is -2.34. The first-order chi connectivity index (χ1) is 18.0. The molecule has 5 nitrogen and oxygen atoms in total. The molecule has 0 bridgehead atoms. The van der Waals surface area contributed by atoms with Gasteiger partial charge in [-0.2, -0.15) is 0 Å². The molecule has 2 atom stereocenters. The minimum Gasteiger partial charge on any atom is -0.490 e. The molecule has 1 aliphatic carbocycles. The van der Waals surface area contributed by atoms with Crippen LogP contribution in [-0.2, 0) is 6.54 Å². The highest BCUT2D eigenvalue weighted by Crippen LogP contribution is 2.31. The number of thiophene rings is 1. The first-order valence-electron chi connectivity index (χ1n) is 13.6. The number of amides is 1. The van der Waals surface area contributed by atoms with Gasteiger partial charge in [0.1, 0.15) is 11.9 Å². The van der Waals surface area contributed by atoms with Gasteiger partial charge in [-0.1, -0.05) is 24.3 Å². The molecule has 1 amide bonds. The highest BCUT2D eigenvalue weighted by molar-refractivity contribution is 7.15. The number of piperidine rings is 1. The summed E-state index contributed by atoms with van der Waals surface area (Å²) in [4.78, 5) is 15.9. The molecule has 2 aliphatic rings. The lowest BCUT2D eigenvalue weighted by Gasteiger charge is -2.24. The maximum atomic E-state index is 13.2. The summed E-state index contributed by atoms with van der Waals surface area (Å²) in [6.45, 7) is 6.90. The van der Waals surface area contributed by atoms with Crippen LogP contribution in [0.3, 0.4) is 0 Å². The van der Waals surface area contributed by atoms with E-state index in [1.807, 2.05) is 43.4 Å². The third-order valence-corrected chi connectivity index (χ3v) is 8.59. The summed E-state index contributed by atoms with van der Waals surface area (Å²) in [5, 5.41) is 10.2. The zero-order chi connectivity index (χ0) is 25.6. The summed E-state index contributed by atoms with van der Waals surface area (Å²) in [7, 11) is 0. The third-order valence-electron chi connectivity index (χ3n) is 7.46. The van der Waals surface area contributed by atoms with E-state index in [9.17, 15) is 4.79 Å². The number of nitrogens with one attached hydrogen (secondary N) is 3. The molecule has 1 aliphatic heterocycles. The maximum Gasteiger partial charge on any atom is 0.252 e. The van der Waals surface area contributed by atoms with Crippen LogP contribution in [0.4, 0.5) is 0 Å². The SMILES string of the molecule is Cc1ccc(OC2CCNCC2)cc1C(=O)N[C@H](C)c1cccc(-c2ccc(CN[C@H]3C[CH]CC3)s2)c1. The van der Waals surface area contributed by atoms with E-state index < -0.39 is 0 Å². The van der Waals surface area contributed by atoms with Crippen molar-refractivity contribution in [3.63, 3.8) is 0 Å². The topological polar surface area (TPSA) is 62.4 Å². The van der Waals surface area contributed by atoms with Gasteiger partial charge in [-0.05, 0) is 112 Å². The molecule has 0 unspecified atom stereocenters. The van der Waals surface area contributed by atoms with Gasteiger partial charge in [-0.3, -0.25) is 4.79 Å². The normalized spacial score (nSPS) is 17.6. The Balaban J connectivity index is 1.22. The number of ether oxygens (including phenoxy) is 1. The van der Waals surface area contributed by atoms with Crippen LogP contribution < -0.4 is 20.7 Å². The van der Waals surface area contributed by atoms with E-state index in [1.54, 1.807) is 0 Å². The number of carbonyl (C=O) groups excluding carboxylic acids is 1. The van der Waals surface area contributed by atoms with Crippen LogP contribution in [0.25, 0.3) is 10.4 Å². The summed E-state index contributed by atoms with van der Waals surface area (Å²) >= 11 is 1.84. The van der Waals surface area contributed by atoms with E-state index in [1.165, 1.54) is 34.6 Å². The molecule has 1 saturated carbocycles. The minimum atomic E-state index is -0.111. The molecule has 6 heteroatoms. The van der Waals surface area contributed by atoms with E-state index >= 15 is 0 Å². The zero-order valence-corrected chi connectivity index (χ0v) is 22.7. The van der Waals surface area contributed by atoms with Crippen molar-refractivity contribution in [3.05, 3.63) is 82.6 Å². The number of rotatable bonds is 9. The molecule has 2 heterocycles. The minimum absolute atomic E-state index is 0.0696. The van der Waals surface area contributed by atoms with Crippen LogP contribution in [-0.4, -0.2) is 31.1 Å². The second kappa shape index (κ2) is 12.2. The summed E-state index contributed by atoms with van der Waals surface area (Å²) < 4.78 is 6.18. The Hall–Kier alpha value is -2.67. The quantitative estimate of drug-likeness (QED) is 0.317. The molecule has 0 spiro atoms. The molecule has 37 heavy (non-hydrogen) atoms. The average Bonchev–Trinajstić information content (AvgIpc) is 3.62. The van der Waals surface area contributed by atoms with E-state index in [4.69, 9.17) is 4.74 Å². The fraction of sp³-hybridized carbons (Fsp3) is 0.419. The fourth-order valence-corrected chi connectivity index (χ4v) is 6.11. The van der Waals surface area contributed by atoms with Gasteiger partial charge in [-0.15, -0.1) is 11.3 Å². The highest BCUT2D eigenvalue weighted by atomic mass is 32.1. The molecule has 2 aromatic carbocycles. The number of carbonyl (C=O) groups is 1. The molecule has 1 radical (unpaired) electrons. The largest absolute Gasteiger partial charge is 0.490 e. The first-order valence-corrected chi connectivity index (χ1v) is 14.4. The molecular weight excluding hydrogens is 478 g/mol. The van der Waals surface area contributed by atoms with Gasteiger partial charge in [0.25, 0.3) is 5.91 Å². The molecule has 2 fully saturated rings. The van der Waals surface area contributed by atoms with Crippen molar-refractivity contribution in [1.29, 1.82) is 0 Å². The Morgan fingerprint density at radius 1 is 1.11 bits per heavy atom. The van der Waals surface area contributed by atoms with Crippen LogP contribution in [0.2, 0.25) is 0 Å². The second-order valence-corrected chi connectivity index (χ2v) is 11.5. The summed E-state index contributed by atoms with van der Waals surface area (Å²) in [6, 6.07) is 19.3. The van der Waals surface area contributed by atoms with Crippen LogP contribution in [0.15, 0.2) is 54.6 Å².